The summed E-state index contributed by atoms with van der Waals surface area (Å²) in [6.07, 6.45) is 2.65. The highest BCUT2D eigenvalue weighted by Gasteiger charge is 2.43. The maximum absolute atomic E-state index is 17.5. The van der Waals surface area contributed by atoms with Crippen LogP contribution < -0.4 is 16.3 Å². The molecule has 4 aromatic rings. The summed E-state index contributed by atoms with van der Waals surface area (Å²) < 4.78 is 63.1. The van der Waals surface area contributed by atoms with Crippen LogP contribution in [0.4, 0.5) is 20.3 Å². The zero-order valence-corrected chi connectivity index (χ0v) is 28.3. The second kappa shape index (κ2) is 11.7. The Morgan fingerprint density at radius 1 is 1.15 bits per heavy atom. The van der Waals surface area contributed by atoms with Crippen LogP contribution >= 0.6 is 34.8 Å². The number of rotatable bonds is 4. The van der Waals surface area contributed by atoms with Crippen LogP contribution in [0.2, 0.25) is 15.1 Å². The molecule has 1 saturated heterocycles. The van der Waals surface area contributed by atoms with E-state index in [0.717, 1.165) is 16.7 Å². The SMILES string of the molecule is C=CC(=O)N1CCN2c3nc(=O)n(-c4c(C)ccnc4C(C)C)c4c(F)c(-c5c(N)c(Cl)cc(Cl)c5F)c(Cl)c(c34)S(=O)(=O)CC2C1. The molecule has 0 spiro atoms. The molecule has 2 N–H and O–H groups in total. The summed E-state index contributed by atoms with van der Waals surface area (Å²) in [6.45, 7) is 8.96. The van der Waals surface area contributed by atoms with Gasteiger partial charge in [0.15, 0.2) is 21.5 Å². The Bertz CT molecular complexity index is 2200. The van der Waals surface area contributed by atoms with Gasteiger partial charge in [0.2, 0.25) is 5.91 Å². The number of hydrogen-bond donors (Lipinski definition) is 1. The predicted molar refractivity (Wildman–Crippen MR) is 179 cm³/mol. The number of aryl methyl sites for hydroxylation is 1. The monoisotopic (exact) mass is 722 g/mol. The van der Waals surface area contributed by atoms with E-state index in [4.69, 9.17) is 40.5 Å². The van der Waals surface area contributed by atoms with Gasteiger partial charge in [-0.25, -0.2) is 22.0 Å². The van der Waals surface area contributed by atoms with Crippen LogP contribution in [0, 0.1) is 18.6 Å². The van der Waals surface area contributed by atoms with Crippen LogP contribution in [0.1, 0.15) is 31.0 Å². The Morgan fingerprint density at radius 3 is 2.51 bits per heavy atom. The van der Waals surface area contributed by atoms with Gasteiger partial charge in [-0.1, -0.05) is 55.2 Å². The van der Waals surface area contributed by atoms with Crippen LogP contribution in [-0.2, 0) is 14.6 Å². The van der Waals surface area contributed by atoms with Crippen LogP contribution in [-0.4, -0.2) is 65.2 Å². The molecule has 6 rings (SSSR count). The first-order chi connectivity index (χ1) is 22.1. The molecule has 2 aliphatic heterocycles. The van der Waals surface area contributed by atoms with E-state index in [-0.39, 0.29) is 47.5 Å². The molecular weight excluding hydrogens is 697 g/mol. The van der Waals surface area contributed by atoms with Gasteiger partial charge < -0.3 is 15.5 Å². The van der Waals surface area contributed by atoms with Crippen molar-refractivity contribution >= 4 is 73.0 Å². The van der Waals surface area contributed by atoms with Crippen molar-refractivity contribution in [1.82, 2.24) is 19.4 Å². The van der Waals surface area contributed by atoms with Crippen molar-refractivity contribution in [2.24, 2.45) is 0 Å². The number of nitrogen functional groups attached to an aromatic ring is 1. The topological polar surface area (TPSA) is 131 Å². The van der Waals surface area contributed by atoms with E-state index in [0.29, 0.717) is 11.3 Å². The van der Waals surface area contributed by atoms with Crippen molar-refractivity contribution in [3.05, 3.63) is 79.4 Å². The molecule has 246 valence electrons. The molecular formula is C31H27Cl3F2N6O4S. The molecule has 10 nitrogen and oxygen atoms in total. The van der Waals surface area contributed by atoms with Gasteiger partial charge in [-0.3, -0.25) is 14.3 Å². The summed E-state index contributed by atoms with van der Waals surface area (Å²) in [5.74, 6) is -3.90. The molecule has 16 heteroatoms. The van der Waals surface area contributed by atoms with Crippen molar-refractivity contribution in [2.45, 2.75) is 37.6 Å². The molecule has 2 aliphatic rings. The fourth-order valence-electron chi connectivity index (χ4n) is 6.37. The van der Waals surface area contributed by atoms with Crippen molar-refractivity contribution in [1.29, 1.82) is 0 Å². The minimum absolute atomic E-state index is 0.0559. The van der Waals surface area contributed by atoms with E-state index >= 15 is 8.78 Å². The van der Waals surface area contributed by atoms with Gasteiger partial charge in [0.25, 0.3) is 0 Å². The Balaban J connectivity index is 1.86. The molecule has 1 atom stereocenters. The number of aromatic nitrogens is 3. The highest BCUT2D eigenvalue weighted by atomic mass is 35.5. The summed E-state index contributed by atoms with van der Waals surface area (Å²) >= 11 is 19.2. The van der Waals surface area contributed by atoms with Gasteiger partial charge in [0, 0.05) is 37.0 Å². The minimum Gasteiger partial charge on any atom is -0.397 e. The zero-order valence-electron chi connectivity index (χ0n) is 25.2. The number of anilines is 2. The molecule has 2 aromatic heterocycles. The van der Waals surface area contributed by atoms with E-state index in [1.807, 2.05) is 13.8 Å². The lowest BCUT2D eigenvalue weighted by Gasteiger charge is -2.41. The molecule has 0 radical (unpaired) electrons. The highest BCUT2D eigenvalue weighted by molar-refractivity contribution is 7.91. The van der Waals surface area contributed by atoms with E-state index in [9.17, 15) is 18.0 Å². The Hall–Kier alpha value is -3.78. The first-order valence-electron chi connectivity index (χ1n) is 14.4. The fraction of sp³-hybridized carbons (Fsp3) is 0.290. The number of carbonyl (C=O) groups excluding carboxylic acids is 1. The van der Waals surface area contributed by atoms with Gasteiger partial charge in [0.05, 0.1) is 59.7 Å². The normalized spacial score (nSPS) is 17.2. The number of piperazine rings is 1. The molecule has 0 saturated carbocycles. The maximum atomic E-state index is 17.5. The highest BCUT2D eigenvalue weighted by Crippen LogP contribution is 2.50. The van der Waals surface area contributed by atoms with Crippen LogP contribution in [0.15, 0.2) is 40.7 Å². The van der Waals surface area contributed by atoms with Gasteiger partial charge >= 0.3 is 5.69 Å². The number of nitrogens with two attached hydrogens (primary N) is 1. The number of amides is 1. The average molecular weight is 724 g/mol. The number of fused-ring (bicyclic) bond motifs is 2. The standard InChI is InChI=1S/C31H27Cl3F2N6O4S/c1-5-18(43)40-8-9-41-15(11-40)12-47(45,46)29-21-28(24(36)19(22(29)34)20-23(35)16(32)10-17(33)25(20)37)42(31(44)39-30(21)41)27-14(4)6-7-38-26(27)13(2)3/h5-7,10,13,15H,1,8-9,11-12,37H2,2-4H3. The molecule has 0 aliphatic carbocycles. The molecule has 0 bridgehead atoms. The Morgan fingerprint density at radius 2 is 1.85 bits per heavy atom. The van der Waals surface area contributed by atoms with Crippen molar-refractivity contribution < 1.29 is 22.0 Å². The van der Waals surface area contributed by atoms with E-state index in [2.05, 4.69) is 16.5 Å². The molecule has 1 amide bonds. The Labute approximate surface area is 283 Å². The third-order valence-electron chi connectivity index (χ3n) is 8.50. The van der Waals surface area contributed by atoms with E-state index < -0.39 is 82.1 Å². The summed E-state index contributed by atoms with van der Waals surface area (Å²) in [4.78, 5) is 37.9. The molecule has 47 heavy (non-hydrogen) atoms. The third kappa shape index (κ3) is 5.06. The first kappa shape index (κ1) is 33.1. The number of halogens is 5. The summed E-state index contributed by atoms with van der Waals surface area (Å²) in [6, 6.07) is 1.72. The van der Waals surface area contributed by atoms with Crippen LogP contribution in [0.3, 0.4) is 0 Å². The lowest BCUT2D eigenvalue weighted by Crippen LogP contribution is -2.57. The number of pyridine rings is 1. The van der Waals surface area contributed by atoms with Gasteiger partial charge in [0.1, 0.15) is 5.82 Å². The fourth-order valence-corrected chi connectivity index (χ4v) is 9.29. The van der Waals surface area contributed by atoms with E-state index in [1.165, 1.54) is 11.1 Å². The second-order valence-electron chi connectivity index (χ2n) is 11.7. The number of nitrogens with zero attached hydrogens (tertiary/aromatic N) is 5. The third-order valence-corrected chi connectivity index (χ3v) is 11.4. The minimum atomic E-state index is -4.49. The van der Waals surface area contributed by atoms with Gasteiger partial charge in [-0.05, 0) is 36.6 Å². The molecule has 1 unspecified atom stereocenters. The molecule has 2 aromatic carbocycles. The van der Waals surface area contributed by atoms with Crippen LogP contribution in [0.5, 0.6) is 0 Å². The number of carbonyl (C=O) groups is 1. The number of hydrogen-bond acceptors (Lipinski definition) is 8. The maximum Gasteiger partial charge on any atom is 0.354 e. The lowest BCUT2D eigenvalue weighted by atomic mass is 9.98. The Kier molecular flexibility index (Phi) is 8.27. The van der Waals surface area contributed by atoms with Crippen LogP contribution in [0.25, 0.3) is 27.7 Å². The average Bonchev–Trinajstić information content (AvgIpc) is 3.10. The molecule has 4 heterocycles. The van der Waals surface area contributed by atoms with Crippen molar-refractivity contribution in [2.75, 3.05) is 36.0 Å². The number of sulfone groups is 1. The van der Waals surface area contributed by atoms with E-state index in [1.54, 1.807) is 17.9 Å². The summed E-state index contributed by atoms with van der Waals surface area (Å²) in [5, 5.41) is -1.74. The van der Waals surface area contributed by atoms with Gasteiger partial charge in [-0.15, -0.1) is 0 Å². The quantitative estimate of drug-likeness (QED) is 0.123. The summed E-state index contributed by atoms with van der Waals surface area (Å²) in [7, 11) is -4.49. The van der Waals surface area contributed by atoms with Crippen molar-refractivity contribution in [3.8, 4) is 16.8 Å². The van der Waals surface area contributed by atoms with Gasteiger partial charge in [-0.2, -0.15) is 4.98 Å². The zero-order chi connectivity index (χ0) is 34.3. The second-order valence-corrected chi connectivity index (χ2v) is 14.8. The smallest absolute Gasteiger partial charge is 0.354 e. The number of benzene rings is 2. The largest absolute Gasteiger partial charge is 0.397 e. The lowest BCUT2D eigenvalue weighted by molar-refractivity contribution is -0.126. The van der Waals surface area contributed by atoms with Crippen molar-refractivity contribution in [3.63, 3.8) is 0 Å². The predicted octanol–water partition coefficient (Wildman–Crippen LogP) is 5.69. The summed E-state index contributed by atoms with van der Waals surface area (Å²) in [5.41, 5.74) is 3.87. The first-order valence-corrected chi connectivity index (χ1v) is 17.2. The molecule has 1 fully saturated rings.